The van der Waals surface area contributed by atoms with E-state index in [0.29, 0.717) is 5.69 Å². The molecular weight excluding hydrogens is 298 g/mol. The van der Waals surface area contributed by atoms with Crippen molar-refractivity contribution in [2.75, 3.05) is 30.1 Å². The predicted molar refractivity (Wildman–Crippen MR) is 90.7 cm³/mol. The van der Waals surface area contributed by atoms with Gasteiger partial charge < -0.3 is 9.47 Å². The quantitative estimate of drug-likeness (QED) is 0.889. The zero-order valence-electron chi connectivity index (χ0n) is 13.0. The van der Waals surface area contributed by atoms with Gasteiger partial charge in [0.05, 0.1) is 17.0 Å². The highest BCUT2D eigenvalue weighted by Crippen LogP contribution is 2.25. The highest BCUT2D eigenvalue weighted by Gasteiger charge is 2.14. The lowest BCUT2D eigenvalue weighted by Crippen LogP contribution is -2.24. The maximum absolute atomic E-state index is 11.9. The van der Waals surface area contributed by atoms with Crippen LogP contribution in [0.2, 0.25) is 0 Å². The van der Waals surface area contributed by atoms with Gasteiger partial charge >= 0.3 is 0 Å². The molecule has 2 heterocycles. The summed E-state index contributed by atoms with van der Waals surface area (Å²) in [6.45, 7) is 5.89. The van der Waals surface area contributed by atoms with Gasteiger partial charge in [-0.1, -0.05) is 12.1 Å². The summed E-state index contributed by atoms with van der Waals surface area (Å²) in [5.41, 5.74) is 1.64. The van der Waals surface area contributed by atoms with Crippen molar-refractivity contribution in [3.8, 4) is 0 Å². The van der Waals surface area contributed by atoms with E-state index < -0.39 is 10.0 Å². The van der Waals surface area contributed by atoms with Gasteiger partial charge in [-0.3, -0.25) is 4.72 Å². The molecule has 1 fully saturated rings. The largest absolute Gasteiger partial charge is 0.344 e. The number of likely N-dealkylation sites (tertiary alicyclic amines) is 1. The Balaban J connectivity index is 1.87. The lowest BCUT2D eigenvalue weighted by Gasteiger charge is -2.16. The Morgan fingerprint density at radius 2 is 1.91 bits per heavy atom. The number of rotatable bonds is 6. The second-order valence-electron chi connectivity index (χ2n) is 5.81. The topological polar surface area (TPSA) is 54.3 Å². The Bertz CT molecular complexity index is 746. The number of sulfonamides is 1. The van der Waals surface area contributed by atoms with Crippen LogP contribution in [0.3, 0.4) is 0 Å². The zero-order chi connectivity index (χ0) is 15.6. The van der Waals surface area contributed by atoms with Gasteiger partial charge in [-0.2, -0.15) is 0 Å². The van der Waals surface area contributed by atoms with Gasteiger partial charge in [0.15, 0.2) is 0 Å². The Labute approximate surface area is 132 Å². The number of benzene rings is 1. The molecule has 1 aromatic carbocycles. The van der Waals surface area contributed by atoms with Crippen molar-refractivity contribution in [3.63, 3.8) is 0 Å². The van der Waals surface area contributed by atoms with Crippen LogP contribution < -0.4 is 4.72 Å². The fourth-order valence-electron chi connectivity index (χ4n) is 3.02. The maximum Gasteiger partial charge on any atom is 0.232 e. The average Bonchev–Trinajstić information content (AvgIpc) is 3.14. The first-order valence-corrected chi connectivity index (χ1v) is 9.55. The molecule has 0 amide bonds. The Kier molecular flexibility index (Phi) is 4.40. The Morgan fingerprint density at radius 3 is 2.64 bits per heavy atom. The molecule has 120 valence electrons. The van der Waals surface area contributed by atoms with E-state index in [4.69, 9.17) is 0 Å². The van der Waals surface area contributed by atoms with Gasteiger partial charge in [0, 0.05) is 24.7 Å². The van der Waals surface area contributed by atoms with E-state index >= 15 is 0 Å². The van der Waals surface area contributed by atoms with E-state index in [2.05, 4.69) is 14.2 Å². The average molecular weight is 321 g/mol. The lowest BCUT2D eigenvalue weighted by atomic mass is 10.2. The fraction of sp³-hybridized carbons (Fsp3) is 0.500. The van der Waals surface area contributed by atoms with Gasteiger partial charge in [-0.05, 0) is 45.0 Å². The van der Waals surface area contributed by atoms with Gasteiger partial charge in [-0.15, -0.1) is 0 Å². The molecule has 3 rings (SSSR count). The van der Waals surface area contributed by atoms with Crippen molar-refractivity contribution in [2.24, 2.45) is 0 Å². The molecule has 0 radical (unpaired) electrons. The molecule has 0 spiro atoms. The summed E-state index contributed by atoms with van der Waals surface area (Å²) >= 11 is 0. The molecule has 1 saturated heterocycles. The second kappa shape index (κ2) is 6.30. The van der Waals surface area contributed by atoms with Crippen LogP contribution in [-0.2, 0) is 16.6 Å². The third-order valence-electron chi connectivity index (χ3n) is 4.29. The number of hydrogen-bond acceptors (Lipinski definition) is 3. The SMILES string of the molecule is CCS(=O)(=O)Nc1cccc2ccn(CCN3CCCC3)c12. The number of aromatic nitrogens is 1. The number of nitrogens with zero attached hydrogens (tertiary/aromatic N) is 2. The van der Waals surface area contributed by atoms with Crippen molar-refractivity contribution in [1.29, 1.82) is 0 Å². The van der Waals surface area contributed by atoms with E-state index in [-0.39, 0.29) is 5.75 Å². The first-order valence-electron chi connectivity index (χ1n) is 7.90. The molecule has 2 aromatic rings. The first kappa shape index (κ1) is 15.4. The zero-order valence-corrected chi connectivity index (χ0v) is 13.8. The van der Waals surface area contributed by atoms with Crippen LogP contribution >= 0.6 is 0 Å². The first-order chi connectivity index (χ1) is 10.6. The standard InChI is InChI=1S/C16H23N3O2S/c1-2-22(20,21)17-15-7-5-6-14-8-11-19(16(14)15)13-12-18-9-3-4-10-18/h5-8,11,17H,2-4,9-10,12-13H2,1H3. The van der Waals surface area contributed by atoms with Crippen LogP contribution in [-0.4, -0.2) is 43.3 Å². The molecule has 0 unspecified atom stereocenters. The van der Waals surface area contributed by atoms with Crippen LogP contribution in [0.4, 0.5) is 5.69 Å². The van der Waals surface area contributed by atoms with Crippen molar-refractivity contribution < 1.29 is 8.42 Å². The molecule has 22 heavy (non-hydrogen) atoms. The van der Waals surface area contributed by atoms with Crippen molar-refractivity contribution in [1.82, 2.24) is 9.47 Å². The number of nitrogens with one attached hydrogen (secondary N) is 1. The van der Waals surface area contributed by atoms with E-state index in [1.54, 1.807) is 6.92 Å². The molecule has 0 saturated carbocycles. The second-order valence-corrected chi connectivity index (χ2v) is 7.82. The summed E-state index contributed by atoms with van der Waals surface area (Å²) in [7, 11) is -3.26. The highest BCUT2D eigenvalue weighted by atomic mass is 32.2. The van der Waals surface area contributed by atoms with Gasteiger partial charge in [0.1, 0.15) is 0 Å². The molecular formula is C16H23N3O2S. The van der Waals surface area contributed by atoms with E-state index in [1.165, 1.54) is 25.9 Å². The van der Waals surface area contributed by atoms with Crippen LogP contribution in [0, 0.1) is 0 Å². The van der Waals surface area contributed by atoms with Crippen molar-refractivity contribution >= 4 is 26.6 Å². The minimum Gasteiger partial charge on any atom is -0.344 e. The molecule has 1 aromatic heterocycles. The van der Waals surface area contributed by atoms with Crippen molar-refractivity contribution in [3.05, 3.63) is 30.5 Å². The van der Waals surface area contributed by atoms with Gasteiger partial charge in [0.25, 0.3) is 0 Å². The molecule has 1 N–H and O–H groups in total. The summed E-state index contributed by atoms with van der Waals surface area (Å²) in [5.74, 6) is 0.0812. The molecule has 6 heteroatoms. The van der Waals surface area contributed by atoms with Crippen LogP contribution in [0.5, 0.6) is 0 Å². The van der Waals surface area contributed by atoms with Crippen LogP contribution in [0.25, 0.3) is 10.9 Å². The van der Waals surface area contributed by atoms with Crippen LogP contribution in [0.15, 0.2) is 30.5 Å². The third-order valence-corrected chi connectivity index (χ3v) is 5.58. The number of hydrogen-bond donors (Lipinski definition) is 1. The van der Waals surface area contributed by atoms with E-state index in [0.717, 1.165) is 24.0 Å². The molecule has 1 aliphatic heterocycles. The molecule has 0 aliphatic carbocycles. The van der Waals surface area contributed by atoms with E-state index in [9.17, 15) is 8.42 Å². The summed E-state index contributed by atoms with van der Waals surface area (Å²) in [6.07, 6.45) is 4.62. The minimum absolute atomic E-state index is 0.0812. The maximum atomic E-state index is 11.9. The summed E-state index contributed by atoms with van der Waals surface area (Å²) in [6, 6.07) is 7.79. The highest BCUT2D eigenvalue weighted by molar-refractivity contribution is 7.92. The fourth-order valence-corrected chi connectivity index (χ4v) is 3.67. The predicted octanol–water partition coefficient (Wildman–Crippen LogP) is 2.50. The van der Waals surface area contributed by atoms with E-state index in [1.807, 2.05) is 30.5 Å². The molecule has 5 nitrogen and oxygen atoms in total. The monoisotopic (exact) mass is 321 g/mol. The summed E-state index contributed by atoms with van der Waals surface area (Å²) in [4.78, 5) is 2.46. The van der Waals surface area contributed by atoms with Crippen LogP contribution in [0.1, 0.15) is 19.8 Å². The normalized spacial score (nSPS) is 16.4. The lowest BCUT2D eigenvalue weighted by molar-refractivity contribution is 0.324. The third kappa shape index (κ3) is 3.28. The summed E-state index contributed by atoms with van der Waals surface area (Å²) < 4.78 is 28.6. The number of anilines is 1. The molecule has 0 atom stereocenters. The summed E-state index contributed by atoms with van der Waals surface area (Å²) in [5, 5.41) is 1.07. The van der Waals surface area contributed by atoms with Crippen molar-refractivity contribution in [2.45, 2.75) is 26.3 Å². The molecule has 1 aliphatic rings. The van der Waals surface area contributed by atoms with Gasteiger partial charge in [0.2, 0.25) is 10.0 Å². The Hall–Kier alpha value is -1.53. The van der Waals surface area contributed by atoms with Gasteiger partial charge in [-0.25, -0.2) is 8.42 Å². The molecule has 0 bridgehead atoms. The number of para-hydroxylation sites is 1. The minimum atomic E-state index is -3.26. The smallest absolute Gasteiger partial charge is 0.232 e. The Morgan fingerprint density at radius 1 is 1.14 bits per heavy atom. The number of fused-ring (bicyclic) bond motifs is 1.